The summed E-state index contributed by atoms with van der Waals surface area (Å²) in [6, 6.07) is 5.87. The molecule has 0 saturated carbocycles. The third kappa shape index (κ3) is 5.05. The molecule has 9 heteroatoms. The Morgan fingerprint density at radius 2 is 2.00 bits per heavy atom. The van der Waals surface area contributed by atoms with E-state index in [1.165, 1.54) is 0 Å². The van der Waals surface area contributed by atoms with Crippen LogP contribution in [0, 0.1) is 0 Å². The number of anilines is 1. The van der Waals surface area contributed by atoms with E-state index in [0.29, 0.717) is 5.82 Å². The lowest BCUT2D eigenvalue weighted by Crippen LogP contribution is -2.26. The molecule has 0 atom stereocenters. The highest BCUT2D eigenvalue weighted by Crippen LogP contribution is 2.32. The lowest BCUT2D eigenvalue weighted by atomic mass is 10.1. The monoisotopic (exact) mass is 471 g/mol. The molecule has 0 amide bonds. The van der Waals surface area contributed by atoms with Crippen LogP contribution in [0.1, 0.15) is 20.8 Å². The second-order valence-electron chi connectivity index (χ2n) is 6.06. The number of nitrogens with one attached hydrogen (secondary N) is 1. The molecular weight excluding hydrogens is 453 g/mol. The normalized spacial score (nSPS) is 10.9. The summed E-state index contributed by atoms with van der Waals surface area (Å²) in [5.74, 6) is 1.53. The van der Waals surface area contributed by atoms with Crippen molar-refractivity contribution in [1.82, 2.24) is 18.9 Å². The van der Waals surface area contributed by atoms with Crippen molar-refractivity contribution < 1.29 is 9.90 Å². The number of nitrogens with zero attached hydrogens (tertiary/aromatic N) is 4. The van der Waals surface area contributed by atoms with Gasteiger partial charge in [0.2, 0.25) is 0 Å². The van der Waals surface area contributed by atoms with Crippen molar-refractivity contribution in [2.45, 2.75) is 26.3 Å². The maximum absolute atomic E-state index is 8.36. The molecule has 0 saturated heterocycles. The van der Waals surface area contributed by atoms with Gasteiger partial charge in [-0.05, 0) is 39.0 Å². The largest absolute Gasteiger partial charge is 0.483 e. The molecule has 0 aliphatic heterocycles. The number of halogens is 1. The Balaban J connectivity index is 0.000000701. The van der Waals surface area contributed by atoms with Crippen molar-refractivity contribution >= 4 is 53.6 Å². The summed E-state index contributed by atoms with van der Waals surface area (Å²) in [6.07, 6.45) is 5.62. The molecule has 0 fully saturated rings. The van der Waals surface area contributed by atoms with Crippen LogP contribution in [0.3, 0.4) is 0 Å². The summed E-state index contributed by atoms with van der Waals surface area (Å²) >= 11 is 2.25. The van der Waals surface area contributed by atoms with E-state index in [1.54, 1.807) is 21.5 Å². The standard InChI is InChI=1S/C15H16IN5S.CH2O2/c1-15(2,3)20-12-6-8-17-13(19-12)11-9-21(22-16)14-10(11)5-4-7-18-14;2-1-3/h4-9H,1-3H3,(H,17,19,20);1H,(H,2,3). The highest BCUT2D eigenvalue weighted by atomic mass is 127. The number of carboxylic acid groups (broad SMARTS) is 1. The van der Waals surface area contributed by atoms with Gasteiger partial charge in [-0.2, -0.15) is 0 Å². The maximum atomic E-state index is 8.36. The fraction of sp³-hybridized carbons (Fsp3) is 0.250. The quantitative estimate of drug-likeness (QED) is 0.436. The fourth-order valence-electron chi connectivity index (χ4n) is 2.20. The van der Waals surface area contributed by atoms with Crippen LogP contribution >= 0.6 is 30.3 Å². The molecule has 0 aromatic carbocycles. The third-order valence-corrected chi connectivity index (χ3v) is 4.71. The Labute approximate surface area is 162 Å². The van der Waals surface area contributed by atoms with Crippen LogP contribution in [0.4, 0.5) is 5.82 Å². The van der Waals surface area contributed by atoms with Gasteiger partial charge in [0.05, 0.1) is 0 Å². The number of rotatable bonds is 3. The van der Waals surface area contributed by atoms with Gasteiger partial charge >= 0.3 is 0 Å². The summed E-state index contributed by atoms with van der Waals surface area (Å²) < 4.78 is 2.03. The first-order valence-corrected chi connectivity index (χ1v) is 10.7. The van der Waals surface area contributed by atoms with E-state index in [1.807, 2.05) is 28.4 Å². The van der Waals surface area contributed by atoms with Crippen molar-refractivity contribution in [3.05, 3.63) is 36.8 Å². The average Bonchev–Trinajstić information content (AvgIpc) is 2.93. The van der Waals surface area contributed by atoms with E-state index in [4.69, 9.17) is 9.90 Å². The van der Waals surface area contributed by atoms with Crippen LogP contribution in [-0.2, 0) is 4.79 Å². The zero-order chi connectivity index (χ0) is 18.4. The fourth-order valence-corrected chi connectivity index (χ4v) is 3.46. The minimum atomic E-state index is -0.250. The first-order valence-electron chi connectivity index (χ1n) is 7.34. The molecule has 0 aliphatic carbocycles. The predicted molar refractivity (Wildman–Crippen MR) is 110 cm³/mol. The van der Waals surface area contributed by atoms with Gasteiger partial charge in [0, 0.05) is 65.4 Å². The van der Waals surface area contributed by atoms with Crippen molar-refractivity contribution in [1.29, 1.82) is 0 Å². The van der Waals surface area contributed by atoms with Crippen LogP contribution in [0.5, 0.6) is 0 Å². The summed E-state index contributed by atoms with van der Waals surface area (Å²) in [4.78, 5) is 21.9. The van der Waals surface area contributed by atoms with Crippen LogP contribution in [-0.4, -0.2) is 36.0 Å². The molecule has 0 unspecified atom stereocenters. The van der Waals surface area contributed by atoms with Gasteiger partial charge in [0.25, 0.3) is 6.47 Å². The lowest BCUT2D eigenvalue weighted by Gasteiger charge is -2.21. The summed E-state index contributed by atoms with van der Waals surface area (Å²) in [7, 11) is 1.58. The SMILES string of the molecule is CC(C)(C)Nc1ccnc(-c2cn(SI)c3ncccc23)n1.O=CO. The highest BCUT2D eigenvalue weighted by Gasteiger charge is 2.15. The van der Waals surface area contributed by atoms with E-state index in [0.717, 1.165) is 22.4 Å². The minimum absolute atomic E-state index is 0.0424. The minimum Gasteiger partial charge on any atom is -0.483 e. The van der Waals surface area contributed by atoms with E-state index in [9.17, 15) is 0 Å². The number of pyridine rings is 1. The Kier molecular flexibility index (Phi) is 6.59. The molecule has 3 rings (SSSR count). The van der Waals surface area contributed by atoms with Gasteiger partial charge in [-0.3, -0.25) is 8.77 Å². The number of aromatic nitrogens is 4. The zero-order valence-corrected chi connectivity index (χ0v) is 16.9. The van der Waals surface area contributed by atoms with Crippen LogP contribution < -0.4 is 5.32 Å². The van der Waals surface area contributed by atoms with Gasteiger partial charge in [0.15, 0.2) is 11.5 Å². The van der Waals surface area contributed by atoms with Crippen molar-refractivity contribution in [3.63, 3.8) is 0 Å². The zero-order valence-electron chi connectivity index (χ0n) is 14.0. The van der Waals surface area contributed by atoms with Crippen LogP contribution in [0.2, 0.25) is 0 Å². The Bertz CT molecular complexity index is 863. The van der Waals surface area contributed by atoms with E-state index in [2.05, 4.69) is 62.2 Å². The summed E-state index contributed by atoms with van der Waals surface area (Å²) in [6.45, 7) is 6.08. The first kappa shape index (κ1) is 19.4. The first-order chi connectivity index (χ1) is 11.9. The Morgan fingerprint density at radius 1 is 1.28 bits per heavy atom. The third-order valence-electron chi connectivity index (χ3n) is 3.01. The van der Waals surface area contributed by atoms with E-state index >= 15 is 0 Å². The lowest BCUT2D eigenvalue weighted by molar-refractivity contribution is -0.122. The molecule has 7 nitrogen and oxygen atoms in total. The van der Waals surface area contributed by atoms with Crippen molar-refractivity contribution in [3.8, 4) is 11.4 Å². The van der Waals surface area contributed by atoms with Crippen molar-refractivity contribution in [2.75, 3.05) is 5.32 Å². The van der Waals surface area contributed by atoms with Crippen molar-refractivity contribution in [2.24, 2.45) is 0 Å². The number of fused-ring (bicyclic) bond motifs is 1. The van der Waals surface area contributed by atoms with Crippen LogP contribution in [0.15, 0.2) is 36.8 Å². The Hall–Kier alpha value is -1.88. The van der Waals surface area contributed by atoms with E-state index < -0.39 is 0 Å². The number of hydrogen-bond donors (Lipinski definition) is 2. The van der Waals surface area contributed by atoms with Gasteiger partial charge in [-0.1, -0.05) is 0 Å². The van der Waals surface area contributed by atoms with Gasteiger partial charge in [-0.15, -0.1) is 0 Å². The maximum Gasteiger partial charge on any atom is 0.290 e. The molecule has 132 valence electrons. The molecule has 0 spiro atoms. The van der Waals surface area contributed by atoms with Gasteiger partial charge in [0.1, 0.15) is 5.82 Å². The Morgan fingerprint density at radius 3 is 2.64 bits per heavy atom. The van der Waals surface area contributed by atoms with Crippen LogP contribution in [0.25, 0.3) is 22.4 Å². The summed E-state index contributed by atoms with van der Waals surface area (Å²) in [5, 5.41) is 11.3. The molecule has 3 aromatic heterocycles. The highest BCUT2D eigenvalue weighted by molar-refractivity contribution is 14.2. The summed E-state index contributed by atoms with van der Waals surface area (Å²) in [5.41, 5.74) is 1.87. The molecule has 3 aromatic rings. The second-order valence-corrected chi connectivity index (χ2v) is 7.77. The molecule has 25 heavy (non-hydrogen) atoms. The van der Waals surface area contributed by atoms with Gasteiger partial charge < -0.3 is 10.4 Å². The molecule has 3 heterocycles. The molecular formula is C16H18IN5O2S. The molecule has 0 bridgehead atoms. The smallest absolute Gasteiger partial charge is 0.290 e. The topological polar surface area (TPSA) is 92.9 Å². The number of carbonyl (C=O) groups is 1. The molecule has 0 aliphatic rings. The van der Waals surface area contributed by atoms with E-state index in [-0.39, 0.29) is 12.0 Å². The number of hydrogen-bond acceptors (Lipinski definition) is 6. The second kappa shape index (κ2) is 8.48. The average molecular weight is 471 g/mol. The van der Waals surface area contributed by atoms with Gasteiger partial charge in [-0.25, -0.2) is 15.0 Å². The predicted octanol–water partition coefficient (Wildman–Crippen LogP) is 4.25. The molecule has 0 radical (unpaired) electrons. The molecule has 2 N–H and O–H groups in total.